The van der Waals surface area contributed by atoms with E-state index >= 15 is 0 Å². The average Bonchev–Trinajstić information content (AvgIpc) is 1.59. The van der Waals surface area contributed by atoms with Crippen molar-refractivity contribution in [3.05, 3.63) is 0 Å². The first-order valence-corrected chi connectivity index (χ1v) is 2.39. The summed E-state index contributed by atoms with van der Waals surface area (Å²) in [5.41, 5.74) is 4.94. The Labute approximate surface area is 47.1 Å². The lowest BCUT2D eigenvalue weighted by atomic mass is 10.5. The smallest absolute Gasteiger partial charge is 0.299 e. The fourth-order valence-electron chi connectivity index (χ4n) is 0.292. The number of hydrogen-bond acceptors (Lipinski definition) is 2. The third kappa shape index (κ3) is 5.78. The molecule has 0 spiro atoms. The molecule has 0 aliphatic rings. The van der Waals surface area contributed by atoms with Gasteiger partial charge in [-0.15, -0.1) is 0 Å². The SMILES string of the molecule is CC(F)(F)NCCN. The highest BCUT2D eigenvalue weighted by molar-refractivity contribution is 4.53. The highest BCUT2D eigenvalue weighted by Crippen LogP contribution is 2.03. The first-order valence-electron chi connectivity index (χ1n) is 2.39. The topological polar surface area (TPSA) is 38.0 Å². The molecule has 0 rings (SSSR count). The summed E-state index contributed by atoms with van der Waals surface area (Å²) in [5.74, 6) is 0. The summed E-state index contributed by atoms with van der Waals surface area (Å²) in [6.07, 6.45) is 0. The van der Waals surface area contributed by atoms with Crippen molar-refractivity contribution < 1.29 is 8.78 Å². The molecular weight excluding hydrogens is 114 g/mol. The third-order valence-corrected chi connectivity index (χ3v) is 0.580. The number of hydrogen-bond donors (Lipinski definition) is 2. The fourth-order valence-corrected chi connectivity index (χ4v) is 0.292. The van der Waals surface area contributed by atoms with Gasteiger partial charge < -0.3 is 5.73 Å². The second-order valence-corrected chi connectivity index (χ2v) is 1.60. The first kappa shape index (κ1) is 7.78. The summed E-state index contributed by atoms with van der Waals surface area (Å²) < 4.78 is 23.5. The normalized spacial score (nSPS) is 12.0. The van der Waals surface area contributed by atoms with E-state index in [1.807, 2.05) is 5.32 Å². The van der Waals surface area contributed by atoms with Gasteiger partial charge in [0.2, 0.25) is 0 Å². The summed E-state index contributed by atoms with van der Waals surface area (Å²) in [5, 5.41) is 1.91. The van der Waals surface area contributed by atoms with Crippen molar-refractivity contribution in [1.29, 1.82) is 0 Å². The average molecular weight is 124 g/mol. The van der Waals surface area contributed by atoms with E-state index in [1.165, 1.54) is 0 Å². The zero-order valence-electron chi connectivity index (χ0n) is 4.75. The minimum atomic E-state index is -2.78. The molecule has 0 saturated carbocycles. The van der Waals surface area contributed by atoms with Gasteiger partial charge in [0.25, 0.3) is 6.05 Å². The van der Waals surface area contributed by atoms with Crippen LogP contribution in [0.5, 0.6) is 0 Å². The predicted molar refractivity (Wildman–Crippen MR) is 27.7 cm³/mol. The van der Waals surface area contributed by atoms with Gasteiger partial charge in [-0.1, -0.05) is 0 Å². The summed E-state index contributed by atoms with van der Waals surface area (Å²) in [7, 11) is 0. The van der Waals surface area contributed by atoms with Crippen molar-refractivity contribution >= 4 is 0 Å². The molecule has 3 N–H and O–H groups in total. The van der Waals surface area contributed by atoms with Crippen LogP contribution in [0.1, 0.15) is 6.92 Å². The molecule has 0 aromatic carbocycles. The summed E-state index contributed by atoms with van der Waals surface area (Å²) in [6, 6.07) is -2.78. The molecule has 0 amide bonds. The Morgan fingerprint density at radius 2 is 2.12 bits per heavy atom. The number of nitrogens with two attached hydrogens (primary N) is 1. The quantitative estimate of drug-likeness (QED) is 0.525. The highest BCUT2D eigenvalue weighted by Gasteiger charge is 2.17. The molecule has 0 aliphatic carbocycles. The van der Waals surface area contributed by atoms with Crippen LogP contribution in [0.2, 0.25) is 0 Å². The Morgan fingerprint density at radius 3 is 2.25 bits per heavy atom. The van der Waals surface area contributed by atoms with Crippen LogP contribution in [-0.4, -0.2) is 19.1 Å². The van der Waals surface area contributed by atoms with Gasteiger partial charge in [-0.3, -0.25) is 5.32 Å². The molecule has 0 heterocycles. The van der Waals surface area contributed by atoms with Crippen LogP contribution in [-0.2, 0) is 0 Å². The summed E-state index contributed by atoms with van der Waals surface area (Å²) in [6.45, 7) is 1.19. The fraction of sp³-hybridized carbons (Fsp3) is 1.00. The summed E-state index contributed by atoms with van der Waals surface area (Å²) >= 11 is 0. The molecular formula is C4H10F2N2. The largest absolute Gasteiger partial charge is 0.329 e. The van der Waals surface area contributed by atoms with Crippen LogP contribution in [0.3, 0.4) is 0 Å². The van der Waals surface area contributed by atoms with Crippen molar-refractivity contribution in [1.82, 2.24) is 5.32 Å². The molecule has 0 bridgehead atoms. The van der Waals surface area contributed by atoms with Crippen molar-refractivity contribution in [2.75, 3.05) is 13.1 Å². The maximum Gasteiger partial charge on any atom is 0.299 e. The van der Waals surface area contributed by atoms with E-state index in [0.717, 1.165) is 6.92 Å². The van der Waals surface area contributed by atoms with Gasteiger partial charge in [0.05, 0.1) is 0 Å². The zero-order chi connectivity index (χ0) is 6.62. The van der Waals surface area contributed by atoms with Crippen LogP contribution in [0.25, 0.3) is 0 Å². The Bertz CT molecular complexity index is 59.5. The lowest BCUT2D eigenvalue weighted by Crippen LogP contribution is -2.36. The molecule has 8 heavy (non-hydrogen) atoms. The zero-order valence-corrected chi connectivity index (χ0v) is 4.75. The van der Waals surface area contributed by atoms with Crippen LogP contribution in [0.15, 0.2) is 0 Å². The monoisotopic (exact) mass is 124 g/mol. The van der Waals surface area contributed by atoms with Gasteiger partial charge in [0, 0.05) is 20.0 Å². The highest BCUT2D eigenvalue weighted by atomic mass is 19.3. The molecule has 0 radical (unpaired) electrons. The molecule has 0 atom stereocenters. The lowest BCUT2D eigenvalue weighted by Gasteiger charge is -2.09. The predicted octanol–water partition coefficient (Wildman–Crippen LogP) is 0.147. The van der Waals surface area contributed by atoms with E-state index < -0.39 is 6.05 Å². The Kier molecular flexibility index (Phi) is 2.86. The molecule has 50 valence electrons. The van der Waals surface area contributed by atoms with E-state index in [2.05, 4.69) is 0 Å². The molecule has 0 aromatic rings. The van der Waals surface area contributed by atoms with Gasteiger partial charge >= 0.3 is 0 Å². The van der Waals surface area contributed by atoms with E-state index in [-0.39, 0.29) is 13.1 Å². The van der Waals surface area contributed by atoms with E-state index in [9.17, 15) is 8.78 Å². The van der Waals surface area contributed by atoms with Crippen molar-refractivity contribution in [3.63, 3.8) is 0 Å². The molecule has 4 heteroatoms. The van der Waals surface area contributed by atoms with Crippen LogP contribution >= 0.6 is 0 Å². The Balaban J connectivity index is 3.11. The van der Waals surface area contributed by atoms with Gasteiger partial charge in [0.15, 0.2) is 0 Å². The lowest BCUT2D eigenvalue weighted by molar-refractivity contribution is -0.0134. The van der Waals surface area contributed by atoms with Crippen molar-refractivity contribution in [2.45, 2.75) is 13.0 Å². The van der Waals surface area contributed by atoms with Gasteiger partial charge in [0.1, 0.15) is 0 Å². The van der Waals surface area contributed by atoms with E-state index in [0.29, 0.717) is 0 Å². The number of nitrogens with one attached hydrogen (secondary N) is 1. The third-order valence-electron chi connectivity index (χ3n) is 0.580. The van der Waals surface area contributed by atoms with Crippen LogP contribution in [0.4, 0.5) is 8.78 Å². The maximum absolute atomic E-state index is 11.7. The molecule has 0 aromatic heterocycles. The summed E-state index contributed by atoms with van der Waals surface area (Å²) in [4.78, 5) is 0. The van der Waals surface area contributed by atoms with Gasteiger partial charge in [-0.25, -0.2) is 0 Å². The Morgan fingerprint density at radius 1 is 1.62 bits per heavy atom. The van der Waals surface area contributed by atoms with Crippen molar-refractivity contribution in [2.24, 2.45) is 5.73 Å². The maximum atomic E-state index is 11.7. The van der Waals surface area contributed by atoms with Crippen molar-refractivity contribution in [3.8, 4) is 0 Å². The van der Waals surface area contributed by atoms with Gasteiger partial charge in [-0.2, -0.15) is 8.78 Å². The molecule has 0 saturated heterocycles. The van der Waals surface area contributed by atoms with E-state index in [4.69, 9.17) is 5.73 Å². The molecule has 0 fully saturated rings. The standard InChI is InChI=1S/C4H10F2N2/c1-4(5,6)8-3-2-7/h8H,2-3,7H2,1H3. The molecule has 2 nitrogen and oxygen atoms in total. The first-order chi connectivity index (χ1) is 3.56. The second-order valence-electron chi connectivity index (χ2n) is 1.60. The molecule has 0 aliphatic heterocycles. The minimum Gasteiger partial charge on any atom is -0.329 e. The van der Waals surface area contributed by atoms with Crippen LogP contribution < -0.4 is 11.1 Å². The van der Waals surface area contributed by atoms with E-state index in [1.54, 1.807) is 0 Å². The van der Waals surface area contributed by atoms with Crippen LogP contribution in [0, 0.1) is 0 Å². The second kappa shape index (κ2) is 2.94. The Hall–Kier alpha value is -0.220. The number of rotatable bonds is 3. The number of halogens is 2. The van der Waals surface area contributed by atoms with Gasteiger partial charge in [-0.05, 0) is 0 Å². The minimum absolute atomic E-state index is 0.156. The molecule has 0 unspecified atom stereocenters. The number of alkyl halides is 2.